The van der Waals surface area contributed by atoms with Crippen molar-refractivity contribution < 1.29 is 8.42 Å². The zero-order chi connectivity index (χ0) is 21.7. The molecule has 1 aliphatic heterocycles. The van der Waals surface area contributed by atoms with Crippen LogP contribution in [0.5, 0.6) is 0 Å². The summed E-state index contributed by atoms with van der Waals surface area (Å²) < 4.78 is 29.5. The summed E-state index contributed by atoms with van der Waals surface area (Å²) in [7, 11) is -3.39. The Labute approximate surface area is 188 Å². The maximum atomic E-state index is 12.8. The fourth-order valence-corrected chi connectivity index (χ4v) is 6.35. The van der Waals surface area contributed by atoms with Crippen LogP contribution in [0.4, 0.5) is 5.69 Å². The second kappa shape index (κ2) is 9.94. The van der Waals surface area contributed by atoms with Crippen LogP contribution in [0.2, 0.25) is 0 Å². The van der Waals surface area contributed by atoms with Gasteiger partial charge in [-0.15, -0.1) is 11.3 Å². The first kappa shape index (κ1) is 22.0. The number of para-hydroxylation sites is 1. The number of benzene rings is 2. The molecule has 1 aliphatic rings. The quantitative estimate of drug-likeness (QED) is 0.426. The Bertz CT molecular complexity index is 1160. The molecule has 31 heavy (non-hydrogen) atoms. The molecule has 0 radical (unpaired) electrons. The first-order valence-corrected chi connectivity index (χ1v) is 13.3. The lowest BCUT2D eigenvalue weighted by molar-refractivity contribution is 0.477. The van der Waals surface area contributed by atoms with Crippen LogP contribution in [0.3, 0.4) is 0 Å². The Kier molecular flexibility index (Phi) is 7.05. The third-order valence-corrected chi connectivity index (χ3v) is 8.39. The van der Waals surface area contributed by atoms with Gasteiger partial charge in [0, 0.05) is 25.0 Å². The lowest BCUT2D eigenvalue weighted by Crippen LogP contribution is -2.27. The molecule has 2 aromatic carbocycles. The number of unbranched alkanes of at least 4 members (excludes halogenated alkanes) is 2. The molecule has 1 aromatic heterocycles. The molecule has 1 fully saturated rings. The summed E-state index contributed by atoms with van der Waals surface area (Å²) in [6, 6.07) is 17.3. The second-order valence-electron chi connectivity index (χ2n) is 7.85. The van der Waals surface area contributed by atoms with Crippen molar-refractivity contribution in [2.75, 3.05) is 13.1 Å². The van der Waals surface area contributed by atoms with E-state index in [9.17, 15) is 8.42 Å². The number of thiazole rings is 1. The van der Waals surface area contributed by atoms with E-state index in [-0.39, 0.29) is 0 Å². The molecule has 0 unspecified atom stereocenters. The highest BCUT2D eigenvalue weighted by atomic mass is 32.2. The van der Waals surface area contributed by atoms with E-state index in [4.69, 9.17) is 4.99 Å². The normalized spacial score (nSPS) is 15.6. The molecule has 0 aliphatic carbocycles. The van der Waals surface area contributed by atoms with Crippen LogP contribution < -0.4 is 4.80 Å². The Hall–Kier alpha value is -2.22. The molecular formula is C24H29N3O2S2. The maximum absolute atomic E-state index is 12.8. The van der Waals surface area contributed by atoms with E-state index in [2.05, 4.69) is 16.9 Å². The SMILES string of the molecule is CCCCCn1c(-c2ccc(S(=O)(=O)N3CCCC3)cc2)csc1=Nc1ccccc1. The zero-order valence-electron chi connectivity index (χ0n) is 17.9. The molecular weight excluding hydrogens is 426 g/mol. The third-order valence-electron chi connectivity index (χ3n) is 5.62. The summed E-state index contributed by atoms with van der Waals surface area (Å²) in [5, 5.41) is 2.12. The Morgan fingerprint density at radius 2 is 1.68 bits per heavy atom. The molecule has 7 heteroatoms. The van der Waals surface area contributed by atoms with Gasteiger partial charge in [0.15, 0.2) is 4.80 Å². The van der Waals surface area contributed by atoms with Crippen LogP contribution in [0.1, 0.15) is 39.0 Å². The maximum Gasteiger partial charge on any atom is 0.243 e. The van der Waals surface area contributed by atoms with Crippen LogP contribution >= 0.6 is 11.3 Å². The van der Waals surface area contributed by atoms with Gasteiger partial charge in [-0.3, -0.25) is 0 Å². The largest absolute Gasteiger partial charge is 0.316 e. The van der Waals surface area contributed by atoms with Gasteiger partial charge in [-0.05, 0) is 49.1 Å². The van der Waals surface area contributed by atoms with Gasteiger partial charge in [-0.2, -0.15) is 4.31 Å². The van der Waals surface area contributed by atoms with Crippen molar-refractivity contribution in [2.24, 2.45) is 4.99 Å². The fourth-order valence-electron chi connectivity index (χ4n) is 3.87. The molecule has 3 aromatic rings. The van der Waals surface area contributed by atoms with E-state index in [1.165, 1.54) is 6.42 Å². The Balaban J connectivity index is 1.68. The standard InChI is InChI=1S/C24H29N3O2S2/c1-2-3-7-18-27-23(19-30-24(27)25-21-10-5-4-6-11-21)20-12-14-22(15-13-20)31(28,29)26-16-8-9-17-26/h4-6,10-15,19H,2-3,7-9,16-18H2,1H3. The number of hydrogen-bond acceptors (Lipinski definition) is 4. The third kappa shape index (κ3) is 5.00. The number of aromatic nitrogens is 1. The monoisotopic (exact) mass is 455 g/mol. The van der Waals surface area contributed by atoms with E-state index in [0.29, 0.717) is 18.0 Å². The van der Waals surface area contributed by atoms with Gasteiger partial charge >= 0.3 is 0 Å². The van der Waals surface area contributed by atoms with Crippen molar-refractivity contribution in [3.8, 4) is 11.3 Å². The number of rotatable bonds is 8. The van der Waals surface area contributed by atoms with Gasteiger partial charge in [0.05, 0.1) is 16.3 Å². The Morgan fingerprint density at radius 3 is 2.35 bits per heavy atom. The molecule has 0 amide bonds. The van der Waals surface area contributed by atoms with Crippen LogP contribution in [-0.2, 0) is 16.6 Å². The van der Waals surface area contributed by atoms with Gasteiger partial charge in [-0.1, -0.05) is 50.1 Å². The average molecular weight is 456 g/mol. The van der Waals surface area contributed by atoms with Crippen LogP contribution in [0.25, 0.3) is 11.3 Å². The molecule has 0 N–H and O–H groups in total. The molecule has 0 saturated carbocycles. The number of nitrogens with zero attached hydrogens (tertiary/aromatic N) is 3. The number of hydrogen-bond donors (Lipinski definition) is 0. The summed E-state index contributed by atoms with van der Waals surface area (Å²) >= 11 is 1.62. The van der Waals surface area contributed by atoms with E-state index in [1.54, 1.807) is 27.8 Å². The Morgan fingerprint density at radius 1 is 0.968 bits per heavy atom. The summed E-state index contributed by atoms with van der Waals surface area (Å²) in [4.78, 5) is 6.19. The van der Waals surface area contributed by atoms with Gasteiger partial charge in [0.25, 0.3) is 0 Å². The van der Waals surface area contributed by atoms with Crippen LogP contribution in [0.15, 0.2) is 69.9 Å². The summed E-state index contributed by atoms with van der Waals surface area (Å²) in [6.07, 6.45) is 5.30. The van der Waals surface area contributed by atoms with Crippen LogP contribution in [-0.4, -0.2) is 30.4 Å². The molecule has 2 heterocycles. The molecule has 0 spiro atoms. The topological polar surface area (TPSA) is 54.7 Å². The predicted octanol–water partition coefficient (Wildman–Crippen LogP) is 5.42. The van der Waals surface area contributed by atoms with Crippen molar-refractivity contribution in [1.29, 1.82) is 0 Å². The minimum atomic E-state index is -3.39. The van der Waals surface area contributed by atoms with Crippen LogP contribution in [0, 0.1) is 0 Å². The highest BCUT2D eigenvalue weighted by molar-refractivity contribution is 7.89. The van der Waals surface area contributed by atoms with Crippen molar-refractivity contribution in [3.63, 3.8) is 0 Å². The highest BCUT2D eigenvalue weighted by Gasteiger charge is 2.27. The zero-order valence-corrected chi connectivity index (χ0v) is 19.5. The molecule has 5 nitrogen and oxygen atoms in total. The van der Waals surface area contributed by atoms with Crippen molar-refractivity contribution in [2.45, 2.75) is 50.5 Å². The smallest absolute Gasteiger partial charge is 0.243 e. The van der Waals surface area contributed by atoms with Gasteiger partial charge in [0.2, 0.25) is 10.0 Å². The van der Waals surface area contributed by atoms with Gasteiger partial charge in [0.1, 0.15) is 0 Å². The molecule has 0 bridgehead atoms. The van der Waals surface area contributed by atoms with Crippen molar-refractivity contribution in [3.05, 3.63) is 64.8 Å². The first-order chi connectivity index (χ1) is 15.1. The van der Waals surface area contributed by atoms with Crippen molar-refractivity contribution >= 4 is 27.0 Å². The molecule has 0 atom stereocenters. The minimum absolute atomic E-state index is 0.375. The van der Waals surface area contributed by atoms with E-state index < -0.39 is 10.0 Å². The van der Waals surface area contributed by atoms with Crippen molar-refractivity contribution in [1.82, 2.24) is 8.87 Å². The summed E-state index contributed by atoms with van der Waals surface area (Å²) in [5.41, 5.74) is 3.04. The lowest BCUT2D eigenvalue weighted by Gasteiger charge is -2.16. The predicted molar refractivity (Wildman–Crippen MR) is 127 cm³/mol. The summed E-state index contributed by atoms with van der Waals surface area (Å²) in [5.74, 6) is 0. The highest BCUT2D eigenvalue weighted by Crippen LogP contribution is 2.26. The fraction of sp³-hybridized carbons (Fsp3) is 0.375. The average Bonchev–Trinajstić information content (AvgIpc) is 3.46. The number of sulfonamides is 1. The minimum Gasteiger partial charge on any atom is -0.316 e. The van der Waals surface area contributed by atoms with Gasteiger partial charge < -0.3 is 4.57 Å². The molecule has 164 valence electrons. The lowest BCUT2D eigenvalue weighted by atomic mass is 10.1. The van der Waals surface area contributed by atoms with E-state index in [1.807, 2.05) is 42.5 Å². The van der Waals surface area contributed by atoms with E-state index >= 15 is 0 Å². The van der Waals surface area contributed by atoms with Gasteiger partial charge in [-0.25, -0.2) is 13.4 Å². The first-order valence-electron chi connectivity index (χ1n) is 11.0. The molecule has 4 rings (SSSR count). The molecule has 1 saturated heterocycles. The second-order valence-corrected chi connectivity index (χ2v) is 10.6. The summed E-state index contributed by atoms with van der Waals surface area (Å²) in [6.45, 7) is 4.34. The van der Waals surface area contributed by atoms with E-state index in [0.717, 1.165) is 54.0 Å².